The molecule has 1 amide bonds. The summed E-state index contributed by atoms with van der Waals surface area (Å²) in [7, 11) is -2.76. The number of ether oxygens (including phenoxy) is 1. The molecule has 2 aromatic rings. The van der Waals surface area contributed by atoms with Crippen LogP contribution in [0.3, 0.4) is 0 Å². The van der Waals surface area contributed by atoms with E-state index in [1.807, 2.05) is 32.9 Å². The van der Waals surface area contributed by atoms with Crippen LogP contribution in [-0.4, -0.2) is 44.4 Å². The Bertz CT molecular complexity index is 880. The fourth-order valence-corrected chi connectivity index (χ4v) is 9.12. The summed E-state index contributed by atoms with van der Waals surface area (Å²) in [5.41, 5.74) is -0.606. The molecule has 0 radical (unpaired) electrons. The van der Waals surface area contributed by atoms with Crippen molar-refractivity contribution in [2.24, 2.45) is 5.92 Å². The van der Waals surface area contributed by atoms with Gasteiger partial charge in [-0.1, -0.05) is 87.5 Å². The first-order valence-electron chi connectivity index (χ1n) is 12.4. The first-order valence-corrected chi connectivity index (χ1v) is 14.3. The minimum absolute atomic E-state index is 0.0116. The number of alkyl carbamates (subject to hydrolysis) is 1. The third kappa shape index (κ3) is 8.06. The van der Waals surface area contributed by atoms with Crippen molar-refractivity contribution in [2.45, 2.75) is 71.1 Å². The van der Waals surface area contributed by atoms with Crippen molar-refractivity contribution >= 4 is 24.8 Å². The van der Waals surface area contributed by atoms with Crippen molar-refractivity contribution in [1.29, 1.82) is 0 Å². The number of carbonyl (C=O) groups is 1. The van der Waals surface area contributed by atoms with E-state index >= 15 is 0 Å². The van der Waals surface area contributed by atoms with Gasteiger partial charge < -0.3 is 19.6 Å². The van der Waals surface area contributed by atoms with E-state index in [-0.39, 0.29) is 23.6 Å². The molecule has 0 saturated heterocycles. The number of benzene rings is 2. The summed E-state index contributed by atoms with van der Waals surface area (Å²) in [5, 5.41) is 15.1. The van der Waals surface area contributed by atoms with Gasteiger partial charge in [0.25, 0.3) is 8.32 Å². The molecule has 35 heavy (non-hydrogen) atoms. The highest BCUT2D eigenvalue weighted by Crippen LogP contribution is 2.37. The van der Waals surface area contributed by atoms with Crippen LogP contribution in [0.15, 0.2) is 73.3 Å². The number of amides is 1. The fourth-order valence-electron chi connectivity index (χ4n) is 4.51. The van der Waals surface area contributed by atoms with Gasteiger partial charge >= 0.3 is 6.09 Å². The van der Waals surface area contributed by atoms with Gasteiger partial charge in [-0.3, -0.25) is 0 Å². The van der Waals surface area contributed by atoms with Crippen LogP contribution in [-0.2, 0) is 9.16 Å². The molecule has 0 bridgehead atoms. The molecule has 0 aliphatic heterocycles. The smallest absolute Gasteiger partial charge is 0.407 e. The van der Waals surface area contributed by atoms with Crippen molar-refractivity contribution in [3.05, 3.63) is 73.3 Å². The Morgan fingerprint density at radius 3 is 1.91 bits per heavy atom. The molecule has 0 saturated carbocycles. The van der Waals surface area contributed by atoms with Crippen molar-refractivity contribution in [2.75, 3.05) is 13.2 Å². The highest BCUT2D eigenvalue weighted by Gasteiger charge is 2.50. The molecule has 0 aliphatic carbocycles. The van der Waals surface area contributed by atoms with Crippen LogP contribution in [0.4, 0.5) is 4.79 Å². The van der Waals surface area contributed by atoms with Crippen LogP contribution in [0.2, 0.25) is 5.04 Å². The van der Waals surface area contributed by atoms with Gasteiger partial charge in [-0.05, 0) is 54.9 Å². The first kappa shape index (κ1) is 28.8. The number of rotatable bonds is 11. The normalized spacial score (nSPS) is 14.1. The lowest BCUT2D eigenvalue weighted by Crippen LogP contribution is -2.67. The van der Waals surface area contributed by atoms with Crippen molar-refractivity contribution < 1.29 is 19.1 Å². The second-order valence-corrected chi connectivity index (χ2v) is 15.4. The summed E-state index contributed by atoms with van der Waals surface area (Å²) < 4.78 is 12.6. The number of carbonyl (C=O) groups excluding carboxylic acids is 1. The Balaban J connectivity index is 2.46. The maximum absolute atomic E-state index is 12.7. The van der Waals surface area contributed by atoms with E-state index < -0.39 is 20.0 Å². The van der Waals surface area contributed by atoms with Crippen LogP contribution < -0.4 is 15.7 Å². The highest BCUT2D eigenvalue weighted by molar-refractivity contribution is 6.99. The third-order valence-corrected chi connectivity index (χ3v) is 11.0. The summed E-state index contributed by atoms with van der Waals surface area (Å²) in [6, 6.07) is 20.5. The largest absolute Gasteiger partial charge is 0.444 e. The van der Waals surface area contributed by atoms with Gasteiger partial charge in [-0.2, -0.15) is 0 Å². The minimum Gasteiger partial charge on any atom is -0.444 e. The van der Waals surface area contributed by atoms with Crippen LogP contribution in [0.1, 0.15) is 54.4 Å². The van der Waals surface area contributed by atoms with E-state index in [2.05, 4.69) is 81.2 Å². The third-order valence-electron chi connectivity index (χ3n) is 6.01. The zero-order valence-corrected chi connectivity index (χ0v) is 23.2. The standard InChI is InChI=1S/C29H43NO4Si/c1-8-15-23(21-31)20-24(30-27(32)34-28(2,3)4)22-33-35(29(5,6)7,25-16-11-9-12-17-25)26-18-13-10-14-19-26/h8-14,16-19,23-24,31H,1,15,20-22H2,2-7H3,(H,30,32)/t23-,24+/m1/s1. The number of nitrogens with one attached hydrogen (secondary N) is 1. The maximum atomic E-state index is 12.7. The maximum Gasteiger partial charge on any atom is 0.407 e. The Hall–Kier alpha value is -2.41. The number of hydrogen-bond acceptors (Lipinski definition) is 4. The SMILES string of the molecule is C=CC[C@@H](CO)C[C@@H](CO[Si](c1ccccc1)(c1ccccc1)C(C)(C)C)NC(=O)OC(C)(C)C. The molecule has 0 aromatic heterocycles. The van der Waals surface area contributed by atoms with Crippen LogP contribution >= 0.6 is 0 Å². The molecule has 2 atom stereocenters. The molecule has 6 heteroatoms. The molecule has 192 valence electrons. The van der Waals surface area contributed by atoms with Gasteiger partial charge in [-0.25, -0.2) is 4.79 Å². The number of aliphatic hydroxyl groups is 1. The summed E-state index contributed by atoms with van der Waals surface area (Å²) in [6.07, 6.45) is 2.53. The zero-order valence-electron chi connectivity index (χ0n) is 22.2. The number of allylic oxidation sites excluding steroid dienone is 1. The molecule has 0 heterocycles. The van der Waals surface area contributed by atoms with Gasteiger partial charge in [0.05, 0.1) is 12.6 Å². The summed E-state index contributed by atoms with van der Waals surface area (Å²) in [6.45, 7) is 16.3. The van der Waals surface area contributed by atoms with Gasteiger partial charge in [-0.15, -0.1) is 6.58 Å². The minimum atomic E-state index is -2.76. The van der Waals surface area contributed by atoms with Crippen LogP contribution in [0.25, 0.3) is 0 Å². The first-order chi connectivity index (χ1) is 16.4. The molecule has 2 rings (SSSR count). The van der Waals surface area contributed by atoms with E-state index in [0.717, 1.165) is 0 Å². The number of aliphatic hydroxyl groups excluding tert-OH is 1. The number of hydrogen-bond donors (Lipinski definition) is 2. The predicted molar refractivity (Wildman–Crippen MR) is 147 cm³/mol. The Morgan fingerprint density at radius 2 is 1.51 bits per heavy atom. The van der Waals surface area contributed by atoms with Gasteiger partial charge in [0.1, 0.15) is 5.60 Å². The Kier molecular flexibility index (Phi) is 10.3. The highest BCUT2D eigenvalue weighted by atomic mass is 28.4. The van der Waals surface area contributed by atoms with Crippen molar-refractivity contribution in [1.82, 2.24) is 5.32 Å². The summed E-state index contributed by atoms with van der Waals surface area (Å²) in [5.74, 6) is -0.0322. The van der Waals surface area contributed by atoms with Gasteiger partial charge in [0, 0.05) is 6.61 Å². The predicted octanol–water partition coefficient (Wildman–Crippen LogP) is 5.03. The molecule has 5 nitrogen and oxygen atoms in total. The topological polar surface area (TPSA) is 67.8 Å². The quantitative estimate of drug-likeness (QED) is 0.337. The molecule has 0 spiro atoms. The molecular formula is C29H43NO4Si. The zero-order chi connectivity index (χ0) is 26.1. The van der Waals surface area contributed by atoms with E-state index in [0.29, 0.717) is 19.4 Å². The molecule has 2 N–H and O–H groups in total. The Morgan fingerprint density at radius 1 is 1.00 bits per heavy atom. The molecule has 0 unspecified atom stereocenters. The second-order valence-electron chi connectivity index (χ2n) is 11.1. The van der Waals surface area contributed by atoms with Gasteiger partial charge in [0.15, 0.2) is 0 Å². The molecular weight excluding hydrogens is 454 g/mol. The lowest BCUT2D eigenvalue weighted by atomic mass is 9.98. The van der Waals surface area contributed by atoms with Crippen LogP contribution in [0, 0.1) is 5.92 Å². The van der Waals surface area contributed by atoms with E-state index in [1.54, 1.807) is 6.08 Å². The van der Waals surface area contributed by atoms with E-state index in [9.17, 15) is 9.90 Å². The average molecular weight is 498 g/mol. The van der Waals surface area contributed by atoms with Crippen molar-refractivity contribution in [3.63, 3.8) is 0 Å². The summed E-state index contributed by atoms with van der Waals surface area (Å²) >= 11 is 0. The van der Waals surface area contributed by atoms with Gasteiger partial charge in [0.2, 0.25) is 0 Å². The fraction of sp³-hybridized carbons (Fsp3) is 0.483. The van der Waals surface area contributed by atoms with E-state index in [4.69, 9.17) is 9.16 Å². The van der Waals surface area contributed by atoms with E-state index in [1.165, 1.54) is 10.4 Å². The van der Waals surface area contributed by atoms with Crippen molar-refractivity contribution in [3.8, 4) is 0 Å². The Labute approximate surface area is 212 Å². The lowest BCUT2D eigenvalue weighted by Gasteiger charge is -2.44. The lowest BCUT2D eigenvalue weighted by molar-refractivity contribution is 0.0470. The average Bonchev–Trinajstić information content (AvgIpc) is 2.78. The van der Waals surface area contributed by atoms with Crippen LogP contribution in [0.5, 0.6) is 0 Å². The summed E-state index contributed by atoms with van der Waals surface area (Å²) in [4.78, 5) is 12.7. The molecule has 0 aliphatic rings. The monoisotopic (exact) mass is 497 g/mol. The molecule has 0 fully saturated rings. The second kappa shape index (κ2) is 12.5. The molecule has 2 aromatic carbocycles.